The molecule has 28 heavy (non-hydrogen) atoms. The van der Waals surface area contributed by atoms with Gasteiger partial charge in [-0.15, -0.1) is 11.3 Å². The lowest BCUT2D eigenvalue weighted by atomic mass is 10.2. The molecule has 8 heteroatoms. The van der Waals surface area contributed by atoms with Crippen LogP contribution in [0.4, 0.5) is 0 Å². The maximum absolute atomic E-state index is 12.1. The number of aryl methyl sites for hydroxylation is 2. The zero-order chi connectivity index (χ0) is 20.1. The normalized spacial score (nSPS) is 10.8. The molecular weight excluding hydrogens is 378 g/mol. The Balaban J connectivity index is 1.53. The summed E-state index contributed by atoms with van der Waals surface area (Å²) < 4.78 is 6.88. The Bertz CT molecular complexity index is 1040. The first-order valence-corrected chi connectivity index (χ1v) is 9.70. The lowest BCUT2D eigenvalue weighted by Gasteiger charge is -2.16. The Hall–Kier alpha value is -3.00. The molecular formula is C20H21N3O4S. The van der Waals surface area contributed by atoms with Crippen LogP contribution in [-0.2, 0) is 34.3 Å². The number of carbonyl (C=O) groups is 2. The number of para-hydroxylation sites is 1. The first-order valence-electron chi connectivity index (χ1n) is 8.82. The fourth-order valence-corrected chi connectivity index (χ4v) is 3.58. The van der Waals surface area contributed by atoms with Crippen molar-refractivity contribution in [1.29, 1.82) is 0 Å². The van der Waals surface area contributed by atoms with E-state index in [1.807, 2.05) is 29.6 Å². The molecule has 0 N–H and O–H groups in total. The Morgan fingerprint density at radius 2 is 2.00 bits per heavy atom. The fourth-order valence-electron chi connectivity index (χ4n) is 2.82. The van der Waals surface area contributed by atoms with Crippen molar-refractivity contribution < 1.29 is 14.3 Å². The second kappa shape index (κ2) is 8.79. The summed E-state index contributed by atoms with van der Waals surface area (Å²) in [5.74, 6) is -0.264. The molecule has 146 valence electrons. The maximum Gasteiger partial charge on any atom is 0.306 e. The minimum atomic E-state index is -0.500. The average Bonchev–Trinajstić information content (AvgIpc) is 3.20. The number of ether oxygens (including phenoxy) is 1. The van der Waals surface area contributed by atoms with Crippen LogP contribution in [0, 0.1) is 0 Å². The summed E-state index contributed by atoms with van der Waals surface area (Å²) in [7, 11) is 3.48. The van der Waals surface area contributed by atoms with Crippen molar-refractivity contribution in [3.05, 3.63) is 62.8 Å². The molecule has 3 rings (SSSR count). The Morgan fingerprint density at radius 3 is 2.75 bits per heavy atom. The molecule has 0 fully saturated rings. The molecule has 1 aromatic carbocycles. The molecule has 0 aliphatic rings. The van der Waals surface area contributed by atoms with Crippen molar-refractivity contribution in [2.45, 2.75) is 19.4 Å². The molecule has 0 atom stereocenters. The third kappa shape index (κ3) is 4.64. The summed E-state index contributed by atoms with van der Waals surface area (Å²) in [6.07, 6.45) is 0.301. The van der Waals surface area contributed by atoms with Crippen LogP contribution in [0.3, 0.4) is 0 Å². The lowest BCUT2D eigenvalue weighted by Crippen LogP contribution is -2.30. The molecule has 0 spiro atoms. The number of rotatable bonds is 7. The first-order chi connectivity index (χ1) is 13.5. The van der Waals surface area contributed by atoms with Gasteiger partial charge in [0.15, 0.2) is 6.61 Å². The maximum atomic E-state index is 12.1. The summed E-state index contributed by atoms with van der Waals surface area (Å²) in [5, 5.41) is 2.48. The summed E-state index contributed by atoms with van der Waals surface area (Å²) in [5.41, 5.74) is 0.443. The molecule has 3 aromatic rings. The van der Waals surface area contributed by atoms with Crippen LogP contribution in [0.5, 0.6) is 0 Å². The minimum absolute atomic E-state index is 0.0422. The van der Waals surface area contributed by atoms with E-state index in [4.69, 9.17) is 4.74 Å². The van der Waals surface area contributed by atoms with E-state index in [9.17, 15) is 14.4 Å². The molecule has 0 saturated heterocycles. The summed E-state index contributed by atoms with van der Waals surface area (Å²) in [4.78, 5) is 42.9. The van der Waals surface area contributed by atoms with Gasteiger partial charge in [-0.3, -0.25) is 14.4 Å². The van der Waals surface area contributed by atoms with Gasteiger partial charge in [0.2, 0.25) is 0 Å². The zero-order valence-corrected chi connectivity index (χ0v) is 16.6. The smallest absolute Gasteiger partial charge is 0.306 e. The number of nitrogens with zero attached hydrogens (tertiary/aromatic N) is 3. The molecule has 7 nitrogen and oxygen atoms in total. The third-order valence-corrected chi connectivity index (χ3v) is 5.28. The van der Waals surface area contributed by atoms with Gasteiger partial charge in [0.25, 0.3) is 11.5 Å². The minimum Gasteiger partial charge on any atom is -0.456 e. The molecule has 1 amide bonds. The highest BCUT2D eigenvalue weighted by Gasteiger charge is 2.14. The molecule has 0 aliphatic carbocycles. The van der Waals surface area contributed by atoms with Crippen molar-refractivity contribution in [3.8, 4) is 0 Å². The number of amides is 1. The largest absolute Gasteiger partial charge is 0.456 e. The predicted octanol–water partition coefficient (Wildman–Crippen LogP) is 2.13. The fraction of sp³-hybridized carbons (Fsp3) is 0.300. The van der Waals surface area contributed by atoms with E-state index >= 15 is 0 Å². The number of carbonyl (C=O) groups excluding carboxylic acids is 2. The number of fused-ring (bicyclic) bond motifs is 1. The number of esters is 1. The van der Waals surface area contributed by atoms with Crippen LogP contribution in [0.15, 0.2) is 46.6 Å². The number of hydrogen-bond donors (Lipinski definition) is 0. The number of hydrogen-bond acceptors (Lipinski definition) is 6. The summed E-state index contributed by atoms with van der Waals surface area (Å²) in [6, 6.07) is 11.1. The predicted molar refractivity (Wildman–Crippen MR) is 107 cm³/mol. The van der Waals surface area contributed by atoms with Gasteiger partial charge in [-0.25, -0.2) is 0 Å². The molecule has 0 saturated carbocycles. The highest BCUT2D eigenvalue weighted by atomic mass is 32.1. The van der Waals surface area contributed by atoms with E-state index in [0.29, 0.717) is 17.8 Å². The lowest BCUT2D eigenvalue weighted by molar-refractivity contribution is -0.151. The molecule has 2 heterocycles. The van der Waals surface area contributed by atoms with E-state index in [0.717, 1.165) is 10.4 Å². The van der Waals surface area contributed by atoms with E-state index < -0.39 is 5.97 Å². The SMILES string of the molecule is CN(Cc1cccs1)C(=O)COC(=O)CCc1nc(=O)c2ccccc2n1C. The number of aromatic nitrogens is 2. The Labute approximate surface area is 166 Å². The molecule has 0 radical (unpaired) electrons. The molecule has 2 aromatic heterocycles. The van der Waals surface area contributed by atoms with Crippen LogP contribution < -0.4 is 5.56 Å². The van der Waals surface area contributed by atoms with Crippen molar-refractivity contribution in [3.63, 3.8) is 0 Å². The highest BCUT2D eigenvalue weighted by molar-refractivity contribution is 7.09. The van der Waals surface area contributed by atoms with Gasteiger partial charge in [0.05, 0.1) is 23.9 Å². The van der Waals surface area contributed by atoms with E-state index in [2.05, 4.69) is 4.98 Å². The summed E-state index contributed by atoms with van der Waals surface area (Å²) >= 11 is 1.57. The van der Waals surface area contributed by atoms with Crippen molar-refractivity contribution in [2.24, 2.45) is 7.05 Å². The van der Waals surface area contributed by atoms with Crippen LogP contribution in [0.25, 0.3) is 10.9 Å². The van der Waals surface area contributed by atoms with Crippen molar-refractivity contribution >= 4 is 34.1 Å². The summed E-state index contributed by atoms with van der Waals surface area (Å²) in [6.45, 7) is 0.182. The van der Waals surface area contributed by atoms with Crippen LogP contribution in [0.2, 0.25) is 0 Å². The average molecular weight is 399 g/mol. The third-order valence-electron chi connectivity index (χ3n) is 4.42. The molecule has 0 aliphatic heterocycles. The first kappa shape index (κ1) is 19.8. The standard InChI is InChI=1S/C20H21N3O4S/c1-22(12-14-6-5-11-28-14)18(24)13-27-19(25)10-9-17-21-20(26)15-7-3-4-8-16(15)23(17)2/h3-8,11H,9-10,12-13H2,1-2H3. The van der Waals surface area contributed by atoms with E-state index in [1.54, 1.807) is 42.1 Å². The van der Waals surface area contributed by atoms with Gasteiger partial charge in [0, 0.05) is 25.4 Å². The van der Waals surface area contributed by atoms with Gasteiger partial charge in [-0.1, -0.05) is 18.2 Å². The van der Waals surface area contributed by atoms with Gasteiger partial charge in [-0.2, -0.15) is 4.98 Å². The topological polar surface area (TPSA) is 81.5 Å². The van der Waals surface area contributed by atoms with E-state index in [-0.39, 0.29) is 30.9 Å². The Kier molecular flexibility index (Phi) is 6.20. The van der Waals surface area contributed by atoms with E-state index in [1.165, 1.54) is 4.90 Å². The zero-order valence-electron chi connectivity index (χ0n) is 15.8. The second-order valence-corrected chi connectivity index (χ2v) is 7.43. The molecule has 0 bridgehead atoms. The monoisotopic (exact) mass is 399 g/mol. The van der Waals surface area contributed by atoms with Crippen LogP contribution >= 0.6 is 11.3 Å². The second-order valence-electron chi connectivity index (χ2n) is 6.40. The van der Waals surface area contributed by atoms with Gasteiger partial charge in [0.1, 0.15) is 5.82 Å². The quantitative estimate of drug-likeness (QED) is 0.569. The Morgan fingerprint density at radius 1 is 1.21 bits per heavy atom. The van der Waals surface area contributed by atoms with Gasteiger partial charge in [-0.05, 0) is 23.6 Å². The van der Waals surface area contributed by atoms with Gasteiger partial charge >= 0.3 is 5.97 Å². The highest BCUT2D eigenvalue weighted by Crippen LogP contribution is 2.12. The number of benzene rings is 1. The number of likely N-dealkylation sites (N-methyl/N-ethyl adjacent to an activating group) is 1. The molecule has 0 unspecified atom stereocenters. The van der Waals surface area contributed by atoms with Gasteiger partial charge < -0.3 is 14.2 Å². The van der Waals surface area contributed by atoms with Crippen molar-refractivity contribution in [2.75, 3.05) is 13.7 Å². The van der Waals surface area contributed by atoms with Crippen LogP contribution in [-0.4, -0.2) is 40.0 Å². The van der Waals surface area contributed by atoms with Crippen molar-refractivity contribution in [1.82, 2.24) is 14.5 Å². The van der Waals surface area contributed by atoms with Crippen LogP contribution in [0.1, 0.15) is 17.1 Å². The number of thiophene rings is 1.